The van der Waals surface area contributed by atoms with Crippen LogP contribution in [0.5, 0.6) is 0 Å². The minimum Gasteiger partial charge on any atom is -0.465 e. The number of anilines is 1. The van der Waals surface area contributed by atoms with Gasteiger partial charge in [0.2, 0.25) is 5.91 Å². The highest BCUT2D eigenvalue weighted by molar-refractivity contribution is 7.18. The molecule has 0 aliphatic heterocycles. The Morgan fingerprint density at radius 2 is 1.82 bits per heavy atom. The quantitative estimate of drug-likeness (QED) is 0.173. The first-order valence-electron chi connectivity index (χ1n) is 13.6. The lowest BCUT2D eigenvalue weighted by molar-refractivity contribution is -0.123. The number of benzene rings is 1. The van der Waals surface area contributed by atoms with Crippen molar-refractivity contribution < 1.29 is 19.1 Å². The molecule has 1 aliphatic carbocycles. The van der Waals surface area contributed by atoms with E-state index in [0.717, 1.165) is 53.0 Å². The zero-order valence-electron chi connectivity index (χ0n) is 22.8. The van der Waals surface area contributed by atoms with E-state index in [2.05, 4.69) is 6.92 Å². The molecule has 3 aromatic heterocycles. The second kappa shape index (κ2) is 12.1. The Labute approximate surface area is 233 Å². The van der Waals surface area contributed by atoms with Gasteiger partial charge in [-0.3, -0.25) is 4.79 Å². The highest BCUT2D eigenvalue weighted by Gasteiger charge is 2.32. The first-order chi connectivity index (χ1) is 19.0. The molecule has 7 nitrogen and oxygen atoms in total. The van der Waals surface area contributed by atoms with Crippen LogP contribution in [0.4, 0.5) is 5.69 Å². The molecule has 39 heavy (non-hydrogen) atoms. The third-order valence-corrected chi connectivity index (χ3v) is 8.65. The number of fused-ring (bicyclic) bond motifs is 1. The Morgan fingerprint density at radius 1 is 1.08 bits per heavy atom. The van der Waals surface area contributed by atoms with Crippen molar-refractivity contribution in [3.05, 3.63) is 65.8 Å². The monoisotopic (exact) mass is 545 g/mol. The van der Waals surface area contributed by atoms with Gasteiger partial charge in [0.25, 0.3) is 0 Å². The number of thiophene rings is 1. The number of rotatable bonds is 9. The largest absolute Gasteiger partial charge is 0.465 e. The second-order valence-electron chi connectivity index (χ2n) is 10.1. The molecule has 0 bridgehead atoms. The zero-order valence-corrected chi connectivity index (χ0v) is 23.6. The highest BCUT2D eigenvalue weighted by atomic mass is 32.1. The summed E-state index contributed by atoms with van der Waals surface area (Å²) in [5.74, 6) is 0.238. The third kappa shape index (κ3) is 5.92. The normalized spacial score (nSPS) is 17.3. The van der Waals surface area contributed by atoms with Crippen molar-refractivity contribution in [3.8, 4) is 21.7 Å². The van der Waals surface area contributed by atoms with Crippen molar-refractivity contribution >= 4 is 34.5 Å². The Bertz CT molecular complexity index is 1400. The van der Waals surface area contributed by atoms with Crippen molar-refractivity contribution in [2.24, 2.45) is 11.8 Å². The van der Waals surface area contributed by atoms with Gasteiger partial charge in [-0.2, -0.15) is 0 Å². The van der Waals surface area contributed by atoms with Crippen molar-refractivity contribution in [2.75, 3.05) is 31.8 Å². The number of carbonyl (C=O) groups is 2. The summed E-state index contributed by atoms with van der Waals surface area (Å²) < 4.78 is 12.8. The predicted molar refractivity (Wildman–Crippen MR) is 155 cm³/mol. The number of esters is 1. The second-order valence-corrected chi connectivity index (χ2v) is 11.2. The summed E-state index contributed by atoms with van der Waals surface area (Å²) in [6.45, 7) is 5.55. The summed E-state index contributed by atoms with van der Waals surface area (Å²) >= 11 is 1.35. The molecule has 1 saturated carbocycles. The number of methoxy groups -OCH3 is 1. The van der Waals surface area contributed by atoms with Gasteiger partial charge in [0.05, 0.1) is 25.1 Å². The number of hydrogen-bond acceptors (Lipinski definition) is 6. The van der Waals surface area contributed by atoms with E-state index < -0.39 is 5.97 Å². The van der Waals surface area contributed by atoms with Crippen LogP contribution in [0.25, 0.3) is 27.3 Å². The first-order valence-corrected chi connectivity index (χ1v) is 14.5. The summed E-state index contributed by atoms with van der Waals surface area (Å²) in [5, 5.41) is 0. The molecule has 1 aromatic carbocycles. The van der Waals surface area contributed by atoms with Gasteiger partial charge in [-0.1, -0.05) is 37.3 Å². The van der Waals surface area contributed by atoms with Crippen LogP contribution >= 0.6 is 11.3 Å². The van der Waals surface area contributed by atoms with E-state index in [-0.39, 0.29) is 11.8 Å². The molecule has 3 heterocycles. The van der Waals surface area contributed by atoms with Gasteiger partial charge < -0.3 is 18.8 Å². The average molecular weight is 546 g/mol. The number of imidazole rings is 1. The standard InChI is InChI=1S/C31H35N3O4S/c1-4-38-18-17-34(30(35)24-10-8-21(2)9-11-24)26-19-27(39-29(26)31(36)37-3)23-14-12-22(13-15-23)25-20-33-16-6-5-7-28(33)32-25/h5-7,12-16,19-21,24H,4,8-11,17-18H2,1-3H3/t21-,24-. The minimum absolute atomic E-state index is 0.0404. The molecule has 0 N–H and O–H groups in total. The SMILES string of the molecule is CCOCCN(c1cc(-c2ccc(-c3cn4ccccc4n3)cc2)sc1C(=O)OC)C(=O)[C@H]1CC[C@H](C)CC1. The lowest BCUT2D eigenvalue weighted by Gasteiger charge is -2.31. The number of nitrogens with zero attached hydrogens (tertiary/aromatic N) is 3. The Kier molecular flexibility index (Phi) is 8.43. The van der Waals surface area contributed by atoms with Gasteiger partial charge in [-0.15, -0.1) is 11.3 Å². The van der Waals surface area contributed by atoms with Crippen LogP contribution in [0, 0.1) is 11.8 Å². The van der Waals surface area contributed by atoms with Crippen LogP contribution in [-0.4, -0.2) is 48.1 Å². The fraction of sp³-hybridized carbons (Fsp3) is 0.387. The zero-order chi connectivity index (χ0) is 27.4. The smallest absolute Gasteiger partial charge is 0.350 e. The minimum atomic E-state index is -0.436. The maximum Gasteiger partial charge on any atom is 0.350 e. The van der Waals surface area contributed by atoms with Gasteiger partial charge in [0, 0.05) is 41.9 Å². The molecule has 8 heteroatoms. The molecule has 0 atom stereocenters. The van der Waals surface area contributed by atoms with Gasteiger partial charge >= 0.3 is 5.97 Å². The van der Waals surface area contributed by atoms with E-state index in [1.807, 2.05) is 72.2 Å². The van der Waals surface area contributed by atoms with Crippen LogP contribution in [0.2, 0.25) is 0 Å². The van der Waals surface area contributed by atoms with E-state index in [4.69, 9.17) is 14.5 Å². The summed E-state index contributed by atoms with van der Waals surface area (Å²) in [6, 6.07) is 16.0. The van der Waals surface area contributed by atoms with Crippen LogP contribution in [0.15, 0.2) is 60.9 Å². The third-order valence-electron chi connectivity index (χ3n) is 7.50. The molecule has 1 fully saturated rings. The summed E-state index contributed by atoms with van der Waals surface area (Å²) in [6.07, 6.45) is 7.84. The molecule has 5 rings (SSSR count). The van der Waals surface area contributed by atoms with E-state index in [1.165, 1.54) is 18.4 Å². The fourth-order valence-electron chi connectivity index (χ4n) is 5.22. The number of hydrogen-bond donors (Lipinski definition) is 0. The number of ether oxygens (including phenoxy) is 2. The summed E-state index contributed by atoms with van der Waals surface area (Å²) in [4.78, 5) is 34.5. The highest BCUT2D eigenvalue weighted by Crippen LogP contribution is 2.40. The number of carbonyl (C=O) groups excluding carboxylic acids is 2. The molecule has 0 radical (unpaired) electrons. The number of pyridine rings is 1. The molecule has 204 valence electrons. The maximum absolute atomic E-state index is 13.8. The van der Waals surface area contributed by atoms with Crippen LogP contribution in [-0.2, 0) is 14.3 Å². The number of aromatic nitrogens is 2. The van der Waals surface area contributed by atoms with Crippen LogP contribution < -0.4 is 4.90 Å². The van der Waals surface area contributed by atoms with Gasteiger partial charge in [0.1, 0.15) is 10.5 Å². The maximum atomic E-state index is 13.8. The molecular weight excluding hydrogens is 510 g/mol. The molecule has 0 unspecified atom stereocenters. The Hall–Kier alpha value is -3.49. The Morgan fingerprint density at radius 3 is 2.51 bits per heavy atom. The fourth-order valence-corrected chi connectivity index (χ4v) is 6.30. The molecule has 0 spiro atoms. The van der Waals surface area contributed by atoms with Gasteiger partial charge in [0.15, 0.2) is 0 Å². The van der Waals surface area contributed by atoms with E-state index in [1.54, 1.807) is 4.90 Å². The van der Waals surface area contributed by atoms with E-state index >= 15 is 0 Å². The molecule has 4 aromatic rings. The van der Waals surface area contributed by atoms with Crippen LogP contribution in [0.1, 0.15) is 49.2 Å². The summed E-state index contributed by atoms with van der Waals surface area (Å²) in [7, 11) is 1.38. The van der Waals surface area contributed by atoms with Crippen molar-refractivity contribution in [1.82, 2.24) is 9.38 Å². The topological polar surface area (TPSA) is 73.1 Å². The van der Waals surface area contributed by atoms with Gasteiger partial charge in [-0.25, -0.2) is 9.78 Å². The average Bonchev–Trinajstić information content (AvgIpc) is 3.60. The number of amides is 1. The molecule has 0 saturated heterocycles. The Balaban J connectivity index is 1.46. The lowest BCUT2D eigenvalue weighted by atomic mass is 9.82. The van der Waals surface area contributed by atoms with E-state index in [0.29, 0.717) is 36.2 Å². The van der Waals surface area contributed by atoms with E-state index in [9.17, 15) is 9.59 Å². The van der Waals surface area contributed by atoms with Crippen molar-refractivity contribution in [3.63, 3.8) is 0 Å². The van der Waals surface area contributed by atoms with Crippen molar-refractivity contribution in [2.45, 2.75) is 39.5 Å². The molecule has 1 aliphatic rings. The van der Waals surface area contributed by atoms with Gasteiger partial charge in [-0.05, 0) is 62.3 Å². The van der Waals surface area contributed by atoms with Crippen LogP contribution in [0.3, 0.4) is 0 Å². The summed E-state index contributed by atoms with van der Waals surface area (Å²) in [5.41, 5.74) is 4.37. The molecular formula is C31H35N3O4S. The lowest BCUT2D eigenvalue weighted by Crippen LogP contribution is -2.40. The first kappa shape index (κ1) is 27.1. The molecule has 1 amide bonds. The van der Waals surface area contributed by atoms with Crippen molar-refractivity contribution in [1.29, 1.82) is 0 Å². The predicted octanol–water partition coefficient (Wildman–Crippen LogP) is 6.71.